The van der Waals surface area contributed by atoms with Gasteiger partial charge in [-0.25, -0.2) is 0 Å². The van der Waals surface area contributed by atoms with Crippen molar-refractivity contribution < 1.29 is 13.9 Å². The third-order valence-corrected chi connectivity index (χ3v) is 5.88. The van der Waals surface area contributed by atoms with Gasteiger partial charge in [-0.2, -0.15) is 0 Å². The summed E-state index contributed by atoms with van der Waals surface area (Å²) in [7, 11) is 3.28. The maximum Gasteiger partial charge on any atom is 0.137 e. The Morgan fingerprint density at radius 3 is 1.85 bits per heavy atom. The molecule has 0 saturated heterocycles. The summed E-state index contributed by atoms with van der Waals surface area (Å²) in [5, 5.41) is 9.73. The Morgan fingerprint density at radius 1 is 0.647 bits per heavy atom. The van der Waals surface area contributed by atoms with Crippen LogP contribution in [-0.4, -0.2) is 24.4 Å². The molecule has 168 valence electrons. The number of halogens is 1. The molecule has 0 aliphatic carbocycles. The van der Waals surface area contributed by atoms with E-state index < -0.39 is 0 Å². The number of aromatic nitrogens is 2. The lowest BCUT2D eigenvalue weighted by molar-refractivity contribution is 0.414. The highest BCUT2D eigenvalue weighted by Crippen LogP contribution is 2.37. The van der Waals surface area contributed by atoms with Gasteiger partial charge in [0.05, 0.1) is 24.9 Å². The molecule has 0 unspecified atom stereocenters. The van der Waals surface area contributed by atoms with Gasteiger partial charge < -0.3 is 13.9 Å². The van der Waals surface area contributed by atoms with E-state index in [0.717, 1.165) is 39.4 Å². The van der Waals surface area contributed by atoms with Crippen molar-refractivity contribution in [3.05, 3.63) is 96.0 Å². The number of ether oxygens (including phenoxy) is 2. The average molecular weight is 469 g/mol. The predicted molar refractivity (Wildman–Crippen MR) is 134 cm³/mol. The van der Waals surface area contributed by atoms with Crippen molar-refractivity contribution in [3.63, 3.8) is 0 Å². The van der Waals surface area contributed by atoms with E-state index in [-0.39, 0.29) is 0 Å². The van der Waals surface area contributed by atoms with E-state index in [1.807, 2.05) is 91.0 Å². The summed E-state index contributed by atoms with van der Waals surface area (Å²) in [6.45, 7) is 0. The average Bonchev–Trinajstić information content (AvgIpc) is 3.39. The maximum absolute atomic E-state index is 6.40. The molecule has 3 aromatic carbocycles. The lowest BCUT2D eigenvalue weighted by Crippen LogP contribution is -1.95. The number of benzene rings is 3. The van der Waals surface area contributed by atoms with Crippen molar-refractivity contribution >= 4 is 11.6 Å². The lowest BCUT2D eigenvalue weighted by atomic mass is 10.0. The summed E-state index contributed by atoms with van der Waals surface area (Å²) < 4.78 is 16.9. The Balaban J connectivity index is 1.63. The Kier molecular flexibility index (Phi) is 6.02. The van der Waals surface area contributed by atoms with E-state index >= 15 is 0 Å². The third-order valence-electron chi connectivity index (χ3n) is 5.55. The van der Waals surface area contributed by atoms with Crippen LogP contribution in [0.15, 0.2) is 95.4 Å². The minimum atomic E-state index is 0.630. The zero-order chi connectivity index (χ0) is 23.5. The van der Waals surface area contributed by atoms with Crippen LogP contribution in [0.3, 0.4) is 0 Å². The largest absolute Gasteiger partial charge is 0.497 e. The van der Waals surface area contributed by atoms with Crippen LogP contribution >= 0.6 is 11.6 Å². The molecule has 0 aliphatic rings. The Morgan fingerprint density at radius 2 is 1.24 bits per heavy atom. The van der Waals surface area contributed by atoms with Crippen LogP contribution < -0.4 is 9.47 Å². The first-order valence-electron chi connectivity index (χ1n) is 10.7. The summed E-state index contributed by atoms with van der Waals surface area (Å²) in [5.74, 6) is 2.91. The molecule has 0 amide bonds. The second-order valence-corrected chi connectivity index (χ2v) is 8.00. The zero-order valence-corrected chi connectivity index (χ0v) is 19.4. The van der Waals surface area contributed by atoms with E-state index in [0.29, 0.717) is 22.2 Å². The summed E-state index contributed by atoms with van der Waals surface area (Å²) in [6, 6.07) is 28.9. The fraction of sp³-hybridized carbons (Fsp3) is 0.0714. The van der Waals surface area contributed by atoms with Crippen LogP contribution in [0.4, 0.5) is 0 Å². The molecule has 5 aromatic rings. The molecule has 0 fully saturated rings. The standard InChI is InChI=1S/C28H21ClN2O3/c1-32-20-11-7-18(8-12-20)25-17-23(28(31-30-25)19-9-13-21(33-2)14-10-19)27-16-15-26(34-27)22-5-3-4-6-24(22)29/h3-17H,1-2H3. The fourth-order valence-electron chi connectivity index (χ4n) is 3.73. The van der Waals surface area contributed by atoms with Crippen LogP contribution in [0, 0.1) is 0 Å². The molecule has 5 nitrogen and oxygen atoms in total. The molecule has 0 spiro atoms. The van der Waals surface area contributed by atoms with Gasteiger partial charge in [0.2, 0.25) is 0 Å². The molecule has 0 atom stereocenters. The zero-order valence-electron chi connectivity index (χ0n) is 18.7. The second-order valence-electron chi connectivity index (χ2n) is 7.59. The number of methoxy groups -OCH3 is 2. The van der Waals surface area contributed by atoms with Gasteiger partial charge in [-0.1, -0.05) is 23.7 Å². The molecule has 0 aliphatic heterocycles. The van der Waals surface area contributed by atoms with Gasteiger partial charge in [-0.15, -0.1) is 10.2 Å². The normalized spacial score (nSPS) is 10.8. The number of hydrogen-bond donors (Lipinski definition) is 0. The van der Waals surface area contributed by atoms with Crippen LogP contribution in [-0.2, 0) is 0 Å². The highest BCUT2D eigenvalue weighted by atomic mass is 35.5. The van der Waals surface area contributed by atoms with Gasteiger partial charge in [0.1, 0.15) is 28.7 Å². The molecule has 0 radical (unpaired) electrons. The second kappa shape index (κ2) is 9.41. The summed E-state index contributed by atoms with van der Waals surface area (Å²) in [5.41, 5.74) is 4.92. The first kappa shape index (κ1) is 21.7. The van der Waals surface area contributed by atoms with Crippen LogP contribution in [0.5, 0.6) is 11.5 Å². The van der Waals surface area contributed by atoms with Crippen LogP contribution in [0.2, 0.25) is 5.02 Å². The highest BCUT2D eigenvalue weighted by Gasteiger charge is 2.17. The fourth-order valence-corrected chi connectivity index (χ4v) is 3.96. The molecule has 0 saturated carbocycles. The van der Waals surface area contributed by atoms with Crippen LogP contribution in [0.25, 0.3) is 45.2 Å². The van der Waals surface area contributed by atoms with Gasteiger partial charge in [-0.05, 0) is 78.9 Å². The molecule has 5 rings (SSSR count). The Hall–Kier alpha value is -4.09. The number of hydrogen-bond acceptors (Lipinski definition) is 5. The summed E-state index contributed by atoms with van der Waals surface area (Å²) in [4.78, 5) is 0. The molecule has 0 bridgehead atoms. The minimum Gasteiger partial charge on any atom is -0.497 e. The number of nitrogens with zero attached hydrogens (tertiary/aromatic N) is 2. The predicted octanol–water partition coefficient (Wildman–Crippen LogP) is 7.41. The van der Waals surface area contributed by atoms with Gasteiger partial charge in [0.15, 0.2) is 0 Å². The van der Waals surface area contributed by atoms with Gasteiger partial charge in [0, 0.05) is 22.3 Å². The van der Waals surface area contributed by atoms with E-state index in [4.69, 9.17) is 25.5 Å². The molecule has 2 heterocycles. The Bertz CT molecular complexity index is 1430. The molecule has 2 aromatic heterocycles. The number of rotatable bonds is 6. The van der Waals surface area contributed by atoms with E-state index in [1.54, 1.807) is 14.2 Å². The van der Waals surface area contributed by atoms with Crippen molar-refractivity contribution in [2.45, 2.75) is 0 Å². The van der Waals surface area contributed by atoms with Gasteiger partial charge >= 0.3 is 0 Å². The lowest BCUT2D eigenvalue weighted by Gasteiger charge is -2.10. The van der Waals surface area contributed by atoms with Crippen molar-refractivity contribution in [2.24, 2.45) is 0 Å². The molecule has 34 heavy (non-hydrogen) atoms. The van der Waals surface area contributed by atoms with Crippen LogP contribution in [0.1, 0.15) is 0 Å². The first-order valence-corrected chi connectivity index (χ1v) is 11.1. The van der Waals surface area contributed by atoms with Crippen molar-refractivity contribution in [3.8, 4) is 56.7 Å². The van der Waals surface area contributed by atoms with Crippen molar-refractivity contribution in [2.75, 3.05) is 14.2 Å². The highest BCUT2D eigenvalue weighted by molar-refractivity contribution is 6.33. The topological polar surface area (TPSA) is 57.4 Å². The summed E-state index contributed by atoms with van der Waals surface area (Å²) in [6.07, 6.45) is 0. The van der Waals surface area contributed by atoms with E-state index in [9.17, 15) is 0 Å². The number of furan rings is 1. The molecule has 6 heteroatoms. The van der Waals surface area contributed by atoms with Crippen molar-refractivity contribution in [1.29, 1.82) is 0 Å². The summed E-state index contributed by atoms with van der Waals surface area (Å²) >= 11 is 6.40. The van der Waals surface area contributed by atoms with Gasteiger partial charge in [-0.3, -0.25) is 0 Å². The smallest absolute Gasteiger partial charge is 0.137 e. The van der Waals surface area contributed by atoms with Crippen molar-refractivity contribution in [1.82, 2.24) is 10.2 Å². The SMILES string of the molecule is COc1ccc(-c2cc(-c3ccc(-c4ccccc4Cl)o3)c(-c3ccc(OC)cc3)nn2)cc1. The Labute approximate surface area is 202 Å². The maximum atomic E-state index is 6.40. The molecular formula is C28H21ClN2O3. The van der Waals surface area contributed by atoms with E-state index in [2.05, 4.69) is 10.2 Å². The first-order chi connectivity index (χ1) is 16.7. The van der Waals surface area contributed by atoms with Gasteiger partial charge in [0.25, 0.3) is 0 Å². The minimum absolute atomic E-state index is 0.630. The molecule has 0 N–H and O–H groups in total. The third kappa shape index (κ3) is 4.26. The molecular weight excluding hydrogens is 448 g/mol. The quantitative estimate of drug-likeness (QED) is 0.259. The monoisotopic (exact) mass is 468 g/mol. The van der Waals surface area contributed by atoms with E-state index in [1.165, 1.54) is 0 Å².